The molecule has 9 heteroatoms. The van der Waals surface area contributed by atoms with Gasteiger partial charge < -0.3 is 10.2 Å². The molecule has 1 heterocycles. The van der Waals surface area contributed by atoms with E-state index in [0.29, 0.717) is 27.8 Å². The molecule has 1 aromatic heterocycles. The van der Waals surface area contributed by atoms with Crippen molar-refractivity contribution in [3.63, 3.8) is 0 Å². The second-order valence-corrected chi connectivity index (χ2v) is 6.60. The smallest absolute Gasteiger partial charge is 0.244 e. The molecule has 0 saturated carbocycles. The fourth-order valence-corrected chi connectivity index (χ4v) is 3.10. The number of anilines is 1. The van der Waals surface area contributed by atoms with Crippen LogP contribution in [0.4, 0.5) is 5.69 Å². The van der Waals surface area contributed by atoms with Gasteiger partial charge in [-0.3, -0.25) is 9.59 Å². The fraction of sp³-hybridized carbons (Fsp3) is 0.222. The molecule has 0 aliphatic heterocycles. The molecule has 0 aliphatic carbocycles. The Bertz CT molecular complexity index is 969. The van der Waals surface area contributed by atoms with Gasteiger partial charge in [-0.05, 0) is 31.2 Å². The van der Waals surface area contributed by atoms with Crippen LogP contribution >= 0.6 is 23.2 Å². The molecule has 140 valence electrons. The molecule has 3 aromatic rings. The zero-order valence-electron chi connectivity index (χ0n) is 14.5. The van der Waals surface area contributed by atoms with Gasteiger partial charge in [0.15, 0.2) is 0 Å². The summed E-state index contributed by atoms with van der Waals surface area (Å²) in [6, 6.07) is 12.3. The molecule has 7 nitrogen and oxygen atoms in total. The van der Waals surface area contributed by atoms with Crippen LogP contribution in [0, 0.1) is 0 Å². The first kappa shape index (κ1) is 19.1. The SMILES string of the molecule is CCN(CC(=O)Nc1c(Cl)cccc1Cl)C(=O)Cn1nnc2ccccc21. The van der Waals surface area contributed by atoms with Crippen molar-refractivity contribution in [3.05, 3.63) is 52.5 Å². The summed E-state index contributed by atoms with van der Waals surface area (Å²) in [5.74, 6) is -0.628. The highest BCUT2D eigenvalue weighted by Crippen LogP contribution is 2.29. The lowest BCUT2D eigenvalue weighted by molar-refractivity contribution is -0.135. The summed E-state index contributed by atoms with van der Waals surface area (Å²) in [6.07, 6.45) is 0. The van der Waals surface area contributed by atoms with Crippen molar-refractivity contribution in [3.8, 4) is 0 Å². The Morgan fingerprint density at radius 3 is 2.52 bits per heavy atom. The summed E-state index contributed by atoms with van der Waals surface area (Å²) in [5, 5.41) is 11.4. The zero-order valence-corrected chi connectivity index (χ0v) is 16.0. The number of carbonyl (C=O) groups excluding carboxylic acids is 2. The molecule has 2 aromatic carbocycles. The predicted octanol–water partition coefficient (Wildman–Crippen LogP) is 3.23. The van der Waals surface area contributed by atoms with Gasteiger partial charge in [-0.15, -0.1) is 5.10 Å². The Morgan fingerprint density at radius 2 is 1.81 bits per heavy atom. The third-order valence-electron chi connectivity index (χ3n) is 4.00. The zero-order chi connectivity index (χ0) is 19.4. The van der Waals surface area contributed by atoms with Crippen LogP contribution in [0.3, 0.4) is 0 Å². The normalized spacial score (nSPS) is 10.8. The van der Waals surface area contributed by atoms with Crippen LogP contribution < -0.4 is 5.32 Å². The predicted molar refractivity (Wildman–Crippen MR) is 105 cm³/mol. The Labute approximate surface area is 165 Å². The Balaban J connectivity index is 1.67. The molecule has 2 amide bonds. The van der Waals surface area contributed by atoms with E-state index >= 15 is 0 Å². The minimum Gasteiger partial charge on any atom is -0.332 e. The van der Waals surface area contributed by atoms with E-state index in [0.717, 1.165) is 5.52 Å². The van der Waals surface area contributed by atoms with Crippen LogP contribution in [0.5, 0.6) is 0 Å². The summed E-state index contributed by atoms with van der Waals surface area (Å²) < 4.78 is 1.52. The van der Waals surface area contributed by atoms with Gasteiger partial charge in [0, 0.05) is 6.54 Å². The van der Waals surface area contributed by atoms with E-state index in [4.69, 9.17) is 23.2 Å². The van der Waals surface area contributed by atoms with E-state index in [2.05, 4.69) is 15.6 Å². The number of halogens is 2. The van der Waals surface area contributed by atoms with E-state index < -0.39 is 0 Å². The molecule has 0 aliphatic rings. The second-order valence-electron chi connectivity index (χ2n) is 5.79. The highest BCUT2D eigenvalue weighted by molar-refractivity contribution is 6.39. The fourth-order valence-electron chi connectivity index (χ4n) is 2.61. The Morgan fingerprint density at radius 1 is 1.11 bits per heavy atom. The third-order valence-corrected chi connectivity index (χ3v) is 4.63. The largest absolute Gasteiger partial charge is 0.332 e. The molecular weight excluding hydrogens is 389 g/mol. The van der Waals surface area contributed by atoms with E-state index in [9.17, 15) is 9.59 Å². The quantitative estimate of drug-likeness (QED) is 0.682. The van der Waals surface area contributed by atoms with E-state index in [1.54, 1.807) is 25.1 Å². The van der Waals surface area contributed by atoms with Gasteiger partial charge in [0.2, 0.25) is 11.8 Å². The van der Waals surface area contributed by atoms with Gasteiger partial charge in [-0.2, -0.15) is 0 Å². The van der Waals surface area contributed by atoms with Crippen molar-refractivity contribution in [2.24, 2.45) is 0 Å². The summed E-state index contributed by atoms with van der Waals surface area (Å²) in [6.45, 7) is 2.04. The molecule has 1 N–H and O–H groups in total. The van der Waals surface area contributed by atoms with Crippen molar-refractivity contribution in [2.45, 2.75) is 13.5 Å². The molecule has 0 saturated heterocycles. The number of nitrogens with one attached hydrogen (secondary N) is 1. The van der Waals surface area contributed by atoms with Crippen LogP contribution in [0.1, 0.15) is 6.92 Å². The summed E-state index contributed by atoms with van der Waals surface area (Å²) >= 11 is 12.1. The first-order chi connectivity index (χ1) is 13.0. The maximum Gasteiger partial charge on any atom is 0.244 e. The van der Waals surface area contributed by atoms with Crippen LogP contribution in [0.15, 0.2) is 42.5 Å². The molecule has 0 fully saturated rings. The van der Waals surface area contributed by atoms with Crippen molar-refractivity contribution >= 4 is 51.7 Å². The molecule has 0 unspecified atom stereocenters. The molecule has 27 heavy (non-hydrogen) atoms. The number of para-hydroxylation sites is 2. The van der Waals surface area contributed by atoms with Crippen molar-refractivity contribution in [1.29, 1.82) is 0 Å². The highest BCUT2D eigenvalue weighted by atomic mass is 35.5. The molecule has 0 radical (unpaired) electrons. The number of hydrogen-bond donors (Lipinski definition) is 1. The monoisotopic (exact) mass is 405 g/mol. The lowest BCUT2D eigenvalue weighted by Crippen LogP contribution is -2.39. The molecular formula is C18H17Cl2N5O2. The standard InChI is InChI=1S/C18H17Cl2N5O2/c1-2-24(10-16(26)21-18-12(19)6-5-7-13(18)20)17(27)11-25-15-9-4-3-8-14(15)22-23-25/h3-9H,2,10-11H2,1H3,(H,21,26). The van der Waals surface area contributed by atoms with Crippen LogP contribution in [-0.2, 0) is 16.1 Å². The maximum absolute atomic E-state index is 12.6. The molecule has 0 atom stereocenters. The molecule has 3 rings (SSSR count). The summed E-state index contributed by atoms with van der Waals surface area (Å²) in [4.78, 5) is 26.4. The van der Waals surface area contributed by atoms with Gasteiger partial charge in [0.05, 0.1) is 27.8 Å². The highest BCUT2D eigenvalue weighted by Gasteiger charge is 2.19. The van der Waals surface area contributed by atoms with Gasteiger partial charge in [-0.1, -0.05) is 46.6 Å². The van der Waals surface area contributed by atoms with Crippen LogP contribution in [-0.4, -0.2) is 44.8 Å². The number of likely N-dealkylation sites (N-methyl/N-ethyl adjacent to an activating group) is 1. The van der Waals surface area contributed by atoms with Crippen LogP contribution in [0.25, 0.3) is 11.0 Å². The topological polar surface area (TPSA) is 80.1 Å². The lowest BCUT2D eigenvalue weighted by Gasteiger charge is -2.20. The minimum absolute atomic E-state index is 0.00547. The Hall–Kier alpha value is -2.64. The number of nitrogens with zero attached hydrogens (tertiary/aromatic N) is 4. The van der Waals surface area contributed by atoms with Gasteiger partial charge in [-0.25, -0.2) is 4.68 Å². The van der Waals surface area contributed by atoms with Crippen LogP contribution in [0.2, 0.25) is 10.0 Å². The van der Waals surface area contributed by atoms with E-state index in [-0.39, 0.29) is 24.9 Å². The van der Waals surface area contributed by atoms with Crippen molar-refractivity contribution in [2.75, 3.05) is 18.4 Å². The van der Waals surface area contributed by atoms with Gasteiger partial charge in [0.1, 0.15) is 12.1 Å². The third kappa shape index (κ3) is 4.37. The number of aromatic nitrogens is 3. The molecule has 0 bridgehead atoms. The summed E-state index contributed by atoms with van der Waals surface area (Å²) in [5.41, 5.74) is 1.80. The second kappa shape index (κ2) is 8.37. The number of fused-ring (bicyclic) bond motifs is 1. The number of amides is 2. The summed E-state index contributed by atoms with van der Waals surface area (Å²) in [7, 11) is 0. The van der Waals surface area contributed by atoms with Gasteiger partial charge in [0.25, 0.3) is 0 Å². The number of rotatable bonds is 6. The number of carbonyl (C=O) groups is 2. The average Bonchev–Trinajstić information content (AvgIpc) is 3.06. The van der Waals surface area contributed by atoms with Crippen molar-refractivity contribution < 1.29 is 9.59 Å². The number of benzene rings is 2. The first-order valence-corrected chi connectivity index (χ1v) is 9.05. The van der Waals surface area contributed by atoms with E-state index in [1.807, 2.05) is 24.3 Å². The van der Waals surface area contributed by atoms with Crippen molar-refractivity contribution in [1.82, 2.24) is 19.9 Å². The maximum atomic E-state index is 12.6. The lowest BCUT2D eigenvalue weighted by atomic mass is 10.3. The minimum atomic E-state index is -0.386. The Kier molecular flexibility index (Phi) is 5.93. The number of hydrogen-bond acceptors (Lipinski definition) is 4. The van der Waals surface area contributed by atoms with E-state index in [1.165, 1.54) is 9.58 Å². The first-order valence-electron chi connectivity index (χ1n) is 8.29. The average molecular weight is 406 g/mol. The molecule has 0 spiro atoms. The van der Waals surface area contributed by atoms with Gasteiger partial charge >= 0.3 is 0 Å².